The van der Waals surface area contributed by atoms with Crippen LogP contribution in [-0.4, -0.2) is 19.4 Å². The van der Waals surface area contributed by atoms with E-state index >= 15 is 0 Å². The fourth-order valence-corrected chi connectivity index (χ4v) is 6.45. The van der Waals surface area contributed by atoms with Crippen LogP contribution in [0, 0.1) is 0 Å². The van der Waals surface area contributed by atoms with E-state index in [4.69, 9.17) is 9.97 Å². The number of benzene rings is 3. The molecule has 4 nitrogen and oxygen atoms in total. The maximum atomic E-state index is 5.16. The van der Waals surface area contributed by atoms with Crippen LogP contribution in [0.3, 0.4) is 0 Å². The van der Waals surface area contributed by atoms with Crippen molar-refractivity contribution in [3.05, 3.63) is 108 Å². The average Bonchev–Trinajstić information content (AvgIpc) is 3.58. The van der Waals surface area contributed by atoms with E-state index in [1.54, 1.807) is 0 Å². The average molecular weight is 447 g/mol. The second-order valence-electron chi connectivity index (χ2n) is 9.71. The summed E-state index contributed by atoms with van der Waals surface area (Å²) in [6, 6.07) is 24.4. The lowest BCUT2D eigenvalue weighted by molar-refractivity contribution is 1.21. The highest BCUT2D eigenvalue weighted by Crippen LogP contribution is 2.47. The molecule has 0 amide bonds. The summed E-state index contributed by atoms with van der Waals surface area (Å²) in [6.07, 6.45) is 7.60. The molecule has 7 aromatic rings. The van der Waals surface area contributed by atoms with Crippen LogP contribution in [0.4, 0.5) is 0 Å². The molecule has 0 unspecified atom stereocenters. The zero-order chi connectivity index (χ0) is 22.7. The Labute approximate surface area is 200 Å². The number of fused-ring (bicyclic) bond motifs is 15. The van der Waals surface area contributed by atoms with Crippen LogP contribution in [0.1, 0.15) is 22.3 Å². The Morgan fingerprint density at radius 3 is 2.60 bits per heavy atom. The topological polar surface area (TPSA) is 43.1 Å². The van der Waals surface area contributed by atoms with Gasteiger partial charge >= 0.3 is 0 Å². The summed E-state index contributed by atoms with van der Waals surface area (Å²) in [5, 5.41) is 2.12. The van der Waals surface area contributed by atoms with E-state index < -0.39 is 0 Å². The molecule has 0 aliphatic heterocycles. The van der Waals surface area contributed by atoms with Crippen molar-refractivity contribution in [2.24, 2.45) is 0 Å². The molecule has 3 aromatic carbocycles. The molecule has 0 spiro atoms. The first kappa shape index (κ1) is 17.8. The third-order valence-corrected chi connectivity index (χ3v) is 7.92. The smallest absolute Gasteiger partial charge is 0.146 e. The summed E-state index contributed by atoms with van der Waals surface area (Å²) >= 11 is 0. The van der Waals surface area contributed by atoms with Crippen LogP contribution in [-0.2, 0) is 12.8 Å². The predicted molar refractivity (Wildman–Crippen MR) is 140 cm³/mol. The Hall–Kier alpha value is -4.57. The van der Waals surface area contributed by atoms with Gasteiger partial charge in [0, 0.05) is 34.9 Å². The summed E-state index contributed by atoms with van der Waals surface area (Å²) in [5.74, 6) is 0. The minimum Gasteiger partial charge on any atom is -0.289 e. The molecular formula is C31H18N4. The lowest BCUT2D eigenvalue weighted by Gasteiger charge is -2.11. The standard InChI is InChI=1S/C31H18N4/c1-2-5-21-17(4-1)12-19-14-20-13-18-7-8-26-30(28(18)24(20)15-23(19)21)35-27-6-3-10-33-29(27)25-16-32-11-9-22(25)31(35)34-26/h1-11,14-16H,12-13H2. The fourth-order valence-electron chi connectivity index (χ4n) is 6.45. The van der Waals surface area contributed by atoms with Crippen molar-refractivity contribution in [1.82, 2.24) is 19.4 Å². The van der Waals surface area contributed by atoms with Gasteiger partial charge in [0.05, 0.1) is 22.1 Å². The molecule has 0 N–H and O–H groups in total. The first-order valence-electron chi connectivity index (χ1n) is 12.0. The molecule has 0 bridgehead atoms. The van der Waals surface area contributed by atoms with Crippen molar-refractivity contribution < 1.29 is 0 Å². The van der Waals surface area contributed by atoms with Gasteiger partial charge in [0.25, 0.3) is 0 Å². The molecule has 35 heavy (non-hydrogen) atoms. The first-order chi connectivity index (χ1) is 17.3. The third-order valence-electron chi connectivity index (χ3n) is 7.92. The Bertz CT molecular complexity index is 2070. The van der Waals surface area contributed by atoms with Crippen LogP contribution in [0.25, 0.3) is 60.7 Å². The highest BCUT2D eigenvalue weighted by Gasteiger charge is 2.28. The molecule has 2 aliphatic rings. The number of imidazole rings is 1. The van der Waals surface area contributed by atoms with Crippen molar-refractivity contribution >= 4 is 38.5 Å². The second-order valence-corrected chi connectivity index (χ2v) is 9.71. The molecule has 0 saturated carbocycles. The Morgan fingerprint density at radius 1 is 0.686 bits per heavy atom. The molecule has 9 rings (SSSR count). The van der Waals surface area contributed by atoms with Gasteiger partial charge in [-0.3, -0.25) is 14.4 Å². The van der Waals surface area contributed by atoms with E-state index in [9.17, 15) is 0 Å². The summed E-state index contributed by atoms with van der Waals surface area (Å²) in [6.45, 7) is 0. The Morgan fingerprint density at radius 2 is 1.60 bits per heavy atom. The van der Waals surface area contributed by atoms with Gasteiger partial charge in [0.2, 0.25) is 0 Å². The van der Waals surface area contributed by atoms with Gasteiger partial charge in [-0.15, -0.1) is 0 Å². The van der Waals surface area contributed by atoms with Crippen molar-refractivity contribution in [1.29, 1.82) is 0 Å². The van der Waals surface area contributed by atoms with Crippen molar-refractivity contribution in [3.63, 3.8) is 0 Å². The van der Waals surface area contributed by atoms with Crippen molar-refractivity contribution in [2.45, 2.75) is 12.8 Å². The zero-order valence-electron chi connectivity index (χ0n) is 18.8. The molecule has 2 aliphatic carbocycles. The molecule has 4 heterocycles. The van der Waals surface area contributed by atoms with Gasteiger partial charge < -0.3 is 0 Å². The van der Waals surface area contributed by atoms with Gasteiger partial charge in [0.15, 0.2) is 0 Å². The Balaban J connectivity index is 1.46. The van der Waals surface area contributed by atoms with Gasteiger partial charge in [-0.25, -0.2) is 4.98 Å². The molecule has 0 radical (unpaired) electrons. The van der Waals surface area contributed by atoms with E-state index in [1.165, 1.54) is 50.0 Å². The van der Waals surface area contributed by atoms with E-state index in [2.05, 4.69) is 70.0 Å². The van der Waals surface area contributed by atoms with Crippen LogP contribution in [0.15, 0.2) is 85.3 Å². The molecule has 0 saturated heterocycles. The monoisotopic (exact) mass is 446 g/mol. The van der Waals surface area contributed by atoms with Crippen LogP contribution < -0.4 is 0 Å². The predicted octanol–water partition coefficient (Wildman–Crippen LogP) is 6.73. The molecule has 0 atom stereocenters. The fraction of sp³-hybridized carbons (Fsp3) is 0.0645. The number of aromatic nitrogens is 4. The zero-order valence-corrected chi connectivity index (χ0v) is 18.8. The summed E-state index contributed by atoms with van der Waals surface area (Å²) in [4.78, 5) is 14.3. The van der Waals surface area contributed by atoms with Crippen LogP contribution in [0.2, 0.25) is 0 Å². The quantitative estimate of drug-likeness (QED) is 0.243. The van der Waals surface area contributed by atoms with E-state index in [-0.39, 0.29) is 0 Å². The van der Waals surface area contributed by atoms with Gasteiger partial charge in [0.1, 0.15) is 5.65 Å². The number of rotatable bonds is 0. The maximum absolute atomic E-state index is 5.16. The number of nitrogens with zero attached hydrogens (tertiary/aromatic N) is 4. The number of pyridine rings is 3. The minimum atomic E-state index is 0.959. The SMILES string of the molecule is c1ccc2c(c1)Cc1cc3c(cc1-2)-c1c(ccc2nc4c5ccncc5c5ncccc5n4c12)C3. The Kier molecular flexibility index (Phi) is 3.11. The van der Waals surface area contributed by atoms with E-state index in [1.807, 2.05) is 24.7 Å². The summed E-state index contributed by atoms with van der Waals surface area (Å²) < 4.78 is 2.33. The van der Waals surface area contributed by atoms with E-state index in [0.29, 0.717) is 0 Å². The second kappa shape index (κ2) is 6.10. The first-order valence-corrected chi connectivity index (χ1v) is 12.0. The summed E-state index contributed by atoms with van der Waals surface area (Å²) in [7, 11) is 0. The number of hydrogen-bond acceptors (Lipinski definition) is 3. The van der Waals surface area contributed by atoms with Crippen molar-refractivity contribution in [3.8, 4) is 22.3 Å². The molecule has 0 fully saturated rings. The van der Waals surface area contributed by atoms with Crippen LogP contribution in [0.5, 0.6) is 0 Å². The van der Waals surface area contributed by atoms with Gasteiger partial charge in [-0.1, -0.05) is 36.4 Å². The number of hydrogen-bond donors (Lipinski definition) is 0. The molecular weight excluding hydrogens is 428 g/mol. The highest BCUT2D eigenvalue weighted by atomic mass is 15.0. The van der Waals surface area contributed by atoms with Crippen LogP contribution >= 0.6 is 0 Å². The largest absolute Gasteiger partial charge is 0.289 e. The van der Waals surface area contributed by atoms with E-state index in [0.717, 1.165) is 45.8 Å². The normalized spacial score (nSPS) is 13.5. The minimum absolute atomic E-state index is 0.959. The van der Waals surface area contributed by atoms with Gasteiger partial charge in [-0.2, -0.15) is 0 Å². The lowest BCUT2D eigenvalue weighted by Crippen LogP contribution is -1.95. The maximum Gasteiger partial charge on any atom is 0.146 e. The molecule has 4 heteroatoms. The third kappa shape index (κ3) is 2.15. The molecule has 4 aromatic heterocycles. The van der Waals surface area contributed by atoms with Gasteiger partial charge in [-0.05, 0) is 82.1 Å². The molecule has 162 valence electrons. The lowest BCUT2D eigenvalue weighted by atomic mass is 9.97. The highest BCUT2D eigenvalue weighted by molar-refractivity contribution is 6.13. The van der Waals surface area contributed by atoms with Crippen molar-refractivity contribution in [2.75, 3.05) is 0 Å². The summed E-state index contributed by atoms with van der Waals surface area (Å²) in [5.41, 5.74) is 16.3.